The fourth-order valence-electron chi connectivity index (χ4n) is 4.23. The first kappa shape index (κ1) is 21.0. The molecule has 3 aromatic rings. The molecule has 0 radical (unpaired) electrons. The highest BCUT2D eigenvalue weighted by Crippen LogP contribution is 2.43. The van der Waals surface area contributed by atoms with E-state index < -0.39 is 5.97 Å². The number of rotatable bonds is 5. The van der Waals surface area contributed by atoms with E-state index in [1.807, 2.05) is 30.5 Å². The molecule has 0 saturated heterocycles. The van der Waals surface area contributed by atoms with Gasteiger partial charge < -0.3 is 20.1 Å². The van der Waals surface area contributed by atoms with Crippen LogP contribution in [0.1, 0.15) is 62.5 Å². The van der Waals surface area contributed by atoms with E-state index in [0.29, 0.717) is 28.9 Å². The van der Waals surface area contributed by atoms with Crippen molar-refractivity contribution in [2.24, 2.45) is 5.92 Å². The molecule has 3 heterocycles. The maximum atomic E-state index is 13.0. The Labute approximate surface area is 194 Å². The SMILES string of the molecule is CCOc1cc([C@H]2NC(=O)c3c(sc4c3CC[C@H](C)C4)N2)ccc1OC(=O)c1cccs1. The van der Waals surface area contributed by atoms with Crippen LogP contribution in [0.15, 0.2) is 35.7 Å². The van der Waals surface area contributed by atoms with Gasteiger partial charge in [-0.2, -0.15) is 0 Å². The zero-order valence-corrected chi connectivity index (χ0v) is 19.5. The Hall–Kier alpha value is -2.84. The van der Waals surface area contributed by atoms with Crippen molar-refractivity contribution in [2.45, 2.75) is 39.3 Å². The van der Waals surface area contributed by atoms with Crippen LogP contribution in [0, 0.1) is 5.92 Å². The third-order valence-electron chi connectivity index (χ3n) is 5.82. The number of fused-ring (bicyclic) bond motifs is 3. The van der Waals surface area contributed by atoms with E-state index in [-0.39, 0.29) is 12.1 Å². The van der Waals surface area contributed by atoms with Crippen molar-refractivity contribution >= 4 is 39.6 Å². The second-order valence-corrected chi connectivity index (χ2v) is 10.2. The van der Waals surface area contributed by atoms with E-state index in [4.69, 9.17) is 9.47 Å². The molecular formula is C24H24N2O4S2. The predicted octanol–water partition coefficient (Wildman–Crippen LogP) is 5.41. The maximum Gasteiger partial charge on any atom is 0.353 e. The fourth-order valence-corrected chi connectivity index (χ4v) is 6.27. The van der Waals surface area contributed by atoms with Crippen molar-refractivity contribution in [3.63, 3.8) is 0 Å². The van der Waals surface area contributed by atoms with Gasteiger partial charge in [-0.25, -0.2) is 4.79 Å². The molecule has 0 unspecified atom stereocenters. The molecule has 5 rings (SSSR count). The maximum absolute atomic E-state index is 13.0. The summed E-state index contributed by atoms with van der Waals surface area (Å²) in [5.74, 6) is 1.02. The zero-order chi connectivity index (χ0) is 22.2. The fraction of sp³-hybridized carbons (Fsp3) is 0.333. The minimum atomic E-state index is -0.416. The summed E-state index contributed by atoms with van der Waals surface area (Å²) < 4.78 is 11.3. The molecule has 6 nitrogen and oxygen atoms in total. The number of esters is 1. The molecule has 166 valence electrons. The summed E-state index contributed by atoms with van der Waals surface area (Å²) in [6.45, 7) is 4.57. The first-order chi connectivity index (χ1) is 15.5. The Bertz CT molecular complexity index is 1170. The van der Waals surface area contributed by atoms with E-state index in [1.165, 1.54) is 21.8 Å². The van der Waals surface area contributed by atoms with Crippen LogP contribution in [0.3, 0.4) is 0 Å². The molecule has 8 heteroatoms. The van der Waals surface area contributed by atoms with Gasteiger partial charge in [0.1, 0.15) is 16.0 Å². The van der Waals surface area contributed by atoms with Crippen molar-refractivity contribution in [1.82, 2.24) is 5.32 Å². The molecule has 0 bridgehead atoms. The number of ether oxygens (including phenoxy) is 2. The summed E-state index contributed by atoms with van der Waals surface area (Å²) in [7, 11) is 0. The third kappa shape index (κ3) is 3.89. The third-order valence-corrected chi connectivity index (χ3v) is 7.85. The number of nitrogens with one attached hydrogen (secondary N) is 2. The average molecular weight is 469 g/mol. The van der Waals surface area contributed by atoms with Gasteiger partial charge in [0.15, 0.2) is 11.5 Å². The van der Waals surface area contributed by atoms with Gasteiger partial charge in [-0.1, -0.05) is 19.1 Å². The number of hydrogen-bond donors (Lipinski definition) is 2. The lowest BCUT2D eigenvalue weighted by Crippen LogP contribution is -2.38. The van der Waals surface area contributed by atoms with Crippen LogP contribution >= 0.6 is 22.7 Å². The largest absolute Gasteiger partial charge is 0.490 e. The number of thiophene rings is 2. The van der Waals surface area contributed by atoms with Crippen molar-refractivity contribution < 1.29 is 19.1 Å². The molecule has 0 saturated carbocycles. The Balaban J connectivity index is 1.41. The molecule has 1 aromatic carbocycles. The smallest absolute Gasteiger partial charge is 0.353 e. The van der Waals surface area contributed by atoms with Crippen molar-refractivity contribution in [1.29, 1.82) is 0 Å². The molecule has 2 aromatic heterocycles. The molecule has 1 aliphatic heterocycles. The van der Waals surface area contributed by atoms with Crippen LogP contribution in [-0.2, 0) is 12.8 Å². The molecule has 0 spiro atoms. The standard InChI is InChI=1S/C24H24N2O4S2/c1-3-29-17-12-14(7-9-16(17)30-24(28)18-5-4-10-31-18)21-25-22(27)20-15-8-6-13(2)11-19(15)32-23(20)26-21/h4-5,7,9-10,12-13,21,26H,3,6,8,11H2,1-2H3,(H,25,27)/t13-,21-/m0/s1. The second-order valence-electron chi connectivity index (χ2n) is 8.11. The van der Waals surface area contributed by atoms with Gasteiger partial charge in [-0.3, -0.25) is 4.79 Å². The summed E-state index contributed by atoms with van der Waals surface area (Å²) in [4.78, 5) is 27.2. The van der Waals surface area contributed by atoms with Crippen molar-refractivity contribution in [3.8, 4) is 11.5 Å². The molecule has 2 atom stereocenters. The highest BCUT2D eigenvalue weighted by Gasteiger charge is 2.33. The summed E-state index contributed by atoms with van der Waals surface area (Å²) in [5.41, 5.74) is 2.85. The van der Waals surface area contributed by atoms with Crippen LogP contribution in [0.2, 0.25) is 0 Å². The highest BCUT2D eigenvalue weighted by molar-refractivity contribution is 7.16. The van der Waals surface area contributed by atoms with Gasteiger partial charge >= 0.3 is 5.97 Å². The topological polar surface area (TPSA) is 76.7 Å². The van der Waals surface area contributed by atoms with Gasteiger partial charge in [-0.05, 0) is 66.8 Å². The Morgan fingerprint density at radius 3 is 2.88 bits per heavy atom. The molecule has 2 N–H and O–H groups in total. The number of benzene rings is 1. The Morgan fingerprint density at radius 2 is 2.09 bits per heavy atom. The number of carbonyl (C=O) groups is 2. The van der Waals surface area contributed by atoms with Crippen LogP contribution in [0.4, 0.5) is 5.00 Å². The van der Waals surface area contributed by atoms with E-state index in [9.17, 15) is 9.59 Å². The summed E-state index contributed by atoms with van der Waals surface area (Å²) in [5, 5.41) is 9.34. The van der Waals surface area contributed by atoms with Gasteiger partial charge in [0.2, 0.25) is 0 Å². The second kappa shape index (κ2) is 8.60. The average Bonchev–Trinajstić information content (AvgIpc) is 3.42. The molecule has 32 heavy (non-hydrogen) atoms. The number of anilines is 1. The van der Waals surface area contributed by atoms with Crippen LogP contribution < -0.4 is 20.1 Å². The van der Waals surface area contributed by atoms with Crippen LogP contribution in [0.5, 0.6) is 11.5 Å². The number of amides is 1. The predicted molar refractivity (Wildman–Crippen MR) is 126 cm³/mol. The molecule has 0 fully saturated rings. The van der Waals surface area contributed by atoms with Gasteiger partial charge in [0, 0.05) is 4.88 Å². The Morgan fingerprint density at radius 1 is 1.22 bits per heavy atom. The van der Waals surface area contributed by atoms with Crippen LogP contribution in [-0.4, -0.2) is 18.5 Å². The van der Waals surface area contributed by atoms with E-state index in [2.05, 4.69) is 17.6 Å². The lowest BCUT2D eigenvalue weighted by atomic mass is 9.88. The number of carbonyl (C=O) groups excluding carboxylic acids is 2. The highest BCUT2D eigenvalue weighted by atomic mass is 32.1. The molecular weight excluding hydrogens is 444 g/mol. The number of hydrogen-bond acceptors (Lipinski definition) is 7. The van der Waals surface area contributed by atoms with Gasteiger partial charge in [0.05, 0.1) is 12.2 Å². The van der Waals surface area contributed by atoms with Gasteiger partial charge in [0.25, 0.3) is 5.91 Å². The van der Waals surface area contributed by atoms with Gasteiger partial charge in [-0.15, -0.1) is 22.7 Å². The first-order valence-electron chi connectivity index (χ1n) is 10.8. The molecule has 2 aliphatic rings. The van der Waals surface area contributed by atoms with Crippen molar-refractivity contribution in [3.05, 3.63) is 62.2 Å². The van der Waals surface area contributed by atoms with Crippen molar-refractivity contribution in [2.75, 3.05) is 11.9 Å². The summed E-state index contributed by atoms with van der Waals surface area (Å²) in [6, 6.07) is 8.91. The minimum Gasteiger partial charge on any atom is -0.490 e. The monoisotopic (exact) mass is 468 g/mol. The molecule has 1 aliphatic carbocycles. The van der Waals surface area contributed by atoms with E-state index in [0.717, 1.165) is 35.4 Å². The summed E-state index contributed by atoms with van der Waals surface area (Å²) >= 11 is 3.03. The van der Waals surface area contributed by atoms with E-state index in [1.54, 1.807) is 23.5 Å². The lowest BCUT2D eigenvalue weighted by molar-refractivity contribution is 0.0733. The van der Waals surface area contributed by atoms with E-state index >= 15 is 0 Å². The normalized spacial score (nSPS) is 19.4. The van der Waals surface area contributed by atoms with Crippen LogP contribution in [0.25, 0.3) is 0 Å². The lowest BCUT2D eigenvalue weighted by Gasteiger charge is -2.27. The summed E-state index contributed by atoms with van der Waals surface area (Å²) in [6.07, 6.45) is 2.73. The quantitative estimate of drug-likeness (QED) is 0.387. The Kier molecular flexibility index (Phi) is 5.65. The molecule has 1 amide bonds. The zero-order valence-electron chi connectivity index (χ0n) is 17.9. The first-order valence-corrected chi connectivity index (χ1v) is 12.5. The minimum absolute atomic E-state index is 0.0398.